The zero-order chi connectivity index (χ0) is 10.7. The minimum atomic E-state index is 0.499. The summed E-state index contributed by atoms with van der Waals surface area (Å²) in [5.41, 5.74) is 0. The van der Waals surface area contributed by atoms with Crippen LogP contribution in [0.4, 0.5) is 0 Å². The molecule has 0 unspecified atom stereocenters. The molecule has 1 saturated carbocycles. The van der Waals surface area contributed by atoms with Crippen molar-refractivity contribution >= 4 is 0 Å². The van der Waals surface area contributed by atoms with E-state index in [-0.39, 0.29) is 0 Å². The average molecular weight is 208 g/mol. The monoisotopic (exact) mass is 208 g/mol. The zero-order valence-corrected chi connectivity index (χ0v) is 9.61. The van der Waals surface area contributed by atoms with Crippen LogP contribution in [0.25, 0.3) is 0 Å². The van der Waals surface area contributed by atoms with Gasteiger partial charge in [-0.3, -0.25) is 0 Å². The number of rotatable bonds is 4. The van der Waals surface area contributed by atoms with Crippen LogP contribution in [0.5, 0.6) is 0 Å². The third kappa shape index (κ3) is 2.56. The molecule has 15 heavy (non-hydrogen) atoms. The Labute approximate surface area is 91.1 Å². The van der Waals surface area contributed by atoms with E-state index in [1.54, 1.807) is 0 Å². The van der Waals surface area contributed by atoms with Gasteiger partial charge in [0.05, 0.1) is 6.54 Å². The molecule has 0 bridgehead atoms. The fourth-order valence-electron chi connectivity index (χ4n) is 2.18. The molecule has 2 rings (SSSR count). The van der Waals surface area contributed by atoms with Crippen LogP contribution in [0.3, 0.4) is 0 Å². The molecule has 1 N–H and O–H groups in total. The summed E-state index contributed by atoms with van der Waals surface area (Å²) >= 11 is 0. The van der Waals surface area contributed by atoms with Crippen molar-refractivity contribution in [2.24, 2.45) is 0 Å². The molecule has 0 aliphatic heterocycles. The standard InChI is InChI=1S/C11H20N4/c1-9(2)12-7-11-14-13-8-15(11)10-5-3-4-6-10/h8-10,12H,3-7H2,1-2H3. The number of nitrogens with zero attached hydrogens (tertiary/aromatic N) is 3. The quantitative estimate of drug-likeness (QED) is 0.821. The summed E-state index contributed by atoms with van der Waals surface area (Å²) in [5.74, 6) is 1.08. The van der Waals surface area contributed by atoms with Crippen molar-refractivity contribution in [3.8, 4) is 0 Å². The Bertz CT molecular complexity index is 299. The summed E-state index contributed by atoms with van der Waals surface area (Å²) in [6, 6.07) is 1.14. The zero-order valence-electron chi connectivity index (χ0n) is 9.61. The average Bonchev–Trinajstić information content (AvgIpc) is 2.85. The van der Waals surface area contributed by atoms with Crippen LogP contribution in [0.2, 0.25) is 0 Å². The van der Waals surface area contributed by atoms with Crippen LogP contribution in [-0.2, 0) is 6.54 Å². The van der Waals surface area contributed by atoms with Crippen molar-refractivity contribution in [2.75, 3.05) is 0 Å². The first-order valence-electron chi connectivity index (χ1n) is 5.89. The third-order valence-corrected chi connectivity index (χ3v) is 3.03. The van der Waals surface area contributed by atoms with Gasteiger partial charge in [0.1, 0.15) is 12.2 Å². The van der Waals surface area contributed by atoms with E-state index >= 15 is 0 Å². The van der Waals surface area contributed by atoms with E-state index in [1.807, 2.05) is 6.33 Å². The minimum absolute atomic E-state index is 0.499. The highest BCUT2D eigenvalue weighted by Gasteiger charge is 2.19. The number of aromatic nitrogens is 3. The molecular formula is C11H20N4. The first-order chi connectivity index (χ1) is 7.27. The molecule has 1 aromatic heterocycles. The molecule has 0 atom stereocenters. The van der Waals surface area contributed by atoms with Crippen molar-refractivity contribution in [3.05, 3.63) is 12.2 Å². The highest BCUT2D eigenvalue weighted by Crippen LogP contribution is 2.29. The Morgan fingerprint density at radius 2 is 2.20 bits per heavy atom. The van der Waals surface area contributed by atoms with E-state index in [0.29, 0.717) is 12.1 Å². The molecule has 1 aliphatic rings. The highest BCUT2D eigenvalue weighted by molar-refractivity contribution is 4.91. The molecule has 0 spiro atoms. The summed E-state index contributed by atoms with van der Waals surface area (Å²) in [6.45, 7) is 5.13. The third-order valence-electron chi connectivity index (χ3n) is 3.03. The first kappa shape index (κ1) is 10.6. The molecule has 0 amide bonds. The van der Waals surface area contributed by atoms with Crippen LogP contribution in [-0.4, -0.2) is 20.8 Å². The Morgan fingerprint density at radius 1 is 1.47 bits per heavy atom. The van der Waals surface area contributed by atoms with Crippen molar-refractivity contribution in [3.63, 3.8) is 0 Å². The van der Waals surface area contributed by atoms with Crippen LogP contribution in [0, 0.1) is 0 Å². The SMILES string of the molecule is CC(C)NCc1nncn1C1CCCC1. The van der Waals surface area contributed by atoms with E-state index in [2.05, 4.69) is 33.9 Å². The Balaban J connectivity index is 2.01. The maximum atomic E-state index is 4.18. The van der Waals surface area contributed by atoms with Crippen molar-refractivity contribution in [1.29, 1.82) is 0 Å². The first-order valence-corrected chi connectivity index (χ1v) is 5.89. The lowest BCUT2D eigenvalue weighted by atomic mass is 10.2. The Morgan fingerprint density at radius 3 is 2.87 bits per heavy atom. The predicted octanol–water partition coefficient (Wildman–Crippen LogP) is 1.89. The van der Waals surface area contributed by atoms with Gasteiger partial charge >= 0.3 is 0 Å². The molecule has 4 heteroatoms. The molecule has 84 valence electrons. The van der Waals surface area contributed by atoms with Crippen LogP contribution in [0.15, 0.2) is 6.33 Å². The van der Waals surface area contributed by atoms with Crippen molar-refractivity contribution in [1.82, 2.24) is 20.1 Å². The van der Waals surface area contributed by atoms with Gasteiger partial charge in [-0.25, -0.2) is 0 Å². The lowest BCUT2D eigenvalue weighted by Gasteiger charge is -2.14. The lowest BCUT2D eigenvalue weighted by molar-refractivity contribution is 0.474. The van der Waals surface area contributed by atoms with Crippen LogP contribution >= 0.6 is 0 Å². The van der Waals surface area contributed by atoms with E-state index < -0.39 is 0 Å². The van der Waals surface area contributed by atoms with Gasteiger partial charge in [0.25, 0.3) is 0 Å². The summed E-state index contributed by atoms with van der Waals surface area (Å²) in [5, 5.41) is 11.6. The Kier molecular flexibility index (Phi) is 3.36. The van der Waals surface area contributed by atoms with Gasteiger partial charge in [-0.2, -0.15) is 0 Å². The van der Waals surface area contributed by atoms with E-state index in [1.165, 1.54) is 25.7 Å². The molecule has 1 fully saturated rings. The predicted molar refractivity (Wildman–Crippen MR) is 59.5 cm³/mol. The summed E-state index contributed by atoms with van der Waals surface area (Å²) in [7, 11) is 0. The van der Waals surface area contributed by atoms with E-state index in [9.17, 15) is 0 Å². The van der Waals surface area contributed by atoms with Gasteiger partial charge in [0.15, 0.2) is 0 Å². The molecule has 1 heterocycles. The molecule has 1 aliphatic carbocycles. The molecule has 0 aromatic carbocycles. The fraction of sp³-hybridized carbons (Fsp3) is 0.818. The van der Waals surface area contributed by atoms with Gasteiger partial charge in [-0.05, 0) is 12.8 Å². The second-order valence-electron chi connectivity index (χ2n) is 4.63. The van der Waals surface area contributed by atoms with Crippen LogP contribution < -0.4 is 5.32 Å². The lowest BCUT2D eigenvalue weighted by Crippen LogP contribution is -2.24. The van der Waals surface area contributed by atoms with Gasteiger partial charge in [-0.1, -0.05) is 26.7 Å². The minimum Gasteiger partial charge on any atom is -0.313 e. The highest BCUT2D eigenvalue weighted by atomic mass is 15.3. The molecule has 0 radical (unpaired) electrons. The number of hydrogen-bond acceptors (Lipinski definition) is 3. The van der Waals surface area contributed by atoms with Gasteiger partial charge in [0, 0.05) is 12.1 Å². The molecular weight excluding hydrogens is 188 g/mol. The number of nitrogens with one attached hydrogen (secondary N) is 1. The fourth-order valence-corrected chi connectivity index (χ4v) is 2.18. The second-order valence-corrected chi connectivity index (χ2v) is 4.63. The summed E-state index contributed by atoms with van der Waals surface area (Å²) < 4.78 is 2.25. The van der Waals surface area contributed by atoms with E-state index in [4.69, 9.17) is 0 Å². The summed E-state index contributed by atoms with van der Waals surface area (Å²) in [6.07, 6.45) is 7.15. The summed E-state index contributed by atoms with van der Waals surface area (Å²) in [4.78, 5) is 0. The smallest absolute Gasteiger partial charge is 0.147 e. The largest absolute Gasteiger partial charge is 0.313 e. The van der Waals surface area contributed by atoms with Gasteiger partial charge in [-0.15, -0.1) is 10.2 Å². The molecule has 4 nitrogen and oxygen atoms in total. The van der Waals surface area contributed by atoms with Crippen molar-refractivity contribution in [2.45, 2.75) is 58.2 Å². The van der Waals surface area contributed by atoms with Gasteiger partial charge in [0.2, 0.25) is 0 Å². The van der Waals surface area contributed by atoms with Gasteiger partial charge < -0.3 is 9.88 Å². The Hall–Kier alpha value is -0.900. The number of hydrogen-bond donors (Lipinski definition) is 1. The molecule has 0 saturated heterocycles. The molecule has 1 aromatic rings. The topological polar surface area (TPSA) is 42.7 Å². The van der Waals surface area contributed by atoms with Crippen molar-refractivity contribution < 1.29 is 0 Å². The normalized spacial score (nSPS) is 17.8. The maximum Gasteiger partial charge on any atom is 0.147 e. The van der Waals surface area contributed by atoms with E-state index in [0.717, 1.165) is 12.4 Å². The second kappa shape index (κ2) is 4.75. The van der Waals surface area contributed by atoms with Crippen LogP contribution in [0.1, 0.15) is 51.4 Å². The maximum absolute atomic E-state index is 4.18.